The zero-order chi connectivity index (χ0) is 11.4. The molecule has 1 aromatic rings. The summed E-state index contributed by atoms with van der Waals surface area (Å²) in [6.45, 7) is 1.35. The molecule has 0 aromatic carbocycles. The molecule has 1 aromatic heterocycles. The van der Waals surface area contributed by atoms with E-state index >= 15 is 0 Å². The summed E-state index contributed by atoms with van der Waals surface area (Å²) in [5, 5.41) is 11.7. The molecule has 1 fully saturated rings. The van der Waals surface area contributed by atoms with E-state index in [2.05, 4.69) is 21.4 Å². The molecule has 0 unspecified atom stereocenters. The molecule has 0 saturated heterocycles. The van der Waals surface area contributed by atoms with Crippen LogP contribution in [0.3, 0.4) is 0 Å². The van der Waals surface area contributed by atoms with Crippen LogP contribution >= 0.6 is 0 Å². The van der Waals surface area contributed by atoms with Crippen LogP contribution in [-0.4, -0.2) is 29.8 Å². The lowest BCUT2D eigenvalue weighted by Gasteiger charge is -2.13. The van der Waals surface area contributed by atoms with Crippen LogP contribution < -0.4 is 10.2 Å². The van der Waals surface area contributed by atoms with E-state index in [0.29, 0.717) is 12.6 Å². The lowest BCUT2D eigenvalue weighted by molar-refractivity contribution is 0.665. The Morgan fingerprint density at radius 2 is 2.31 bits per heavy atom. The first-order valence-corrected chi connectivity index (χ1v) is 5.50. The highest BCUT2D eigenvalue weighted by atomic mass is 15.2. The van der Waals surface area contributed by atoms with Gasteiger partial charge in [-0.05, 0) is 25.0 Å². The van der Waals surface area contributed by atoms with Crippen molar-refractivity contribution in [3.8, 4) is 12.3 Å². The zero-order valence-corrected chi connectivity index (χ0v) is 9.48. The summed E-state index contributed by atoms with van der Waals surface area (Å²) < 4.78 is 0. The molecule has 1 saturated carbocycles. The fraction of sp³-hybridized carbons (Fsp3) is 0.500. The van der Waals surface area contributed by atoms with E-state index < -0.39 is 0 Å². The van der Waals surface area contributed by atoms with Crippen molar-refractivity contribution in [2.24, 2.45) is 0 Å². The summed E-state index contributed by atoms with van der Waals surface area (Å²) in [5.74, 6) is 3.39. The van der Waals surface area contributed by atoms with E-state index in [0.717, 1.165) is 18.1 Å². The lowest BCUT2D eigenvalue weighted by atomic mass is 10.3. The average Bonchev–Trinajstić information content (AvgIpc) is 3.11. The standard InChI is InChI=1S/C12H16N4/c1-3-8-16(2)12-7-6-11(14-15-12)9-13-10-4-5-10/h1,6-7,10,13H,4-5,8-9H2,2H3. The summed E-state index contributed by atoms with van der Waals surface area (Å²) in [4.78, 5) is 1.89. The van der Waals surface area contributed by atoms with Gasteiger partial charge in [0.2, 0.25) is 0 Å². The maximum Gasteiger partial charge on any atom is 0.151 e. The highest BCUT2D eigenvalue weighted by molar-refractivity contribution is 5.37. The summed E-state index contributed by atoms with van der Waals surface area (Å²) in [6.07, 6.45) is 7.81. The number of nitrogens with one attached hydrogen (secondary N) is 1. The minimum Gasteiger partial charge on any atom is -0.347 e. The predicted molar refractivity (Wildman–Crippen MR) is 64.0 cm³/mol. The van der Waals surface area contributed by atoms with Crippen molar-refractivity contribution in [2.75, 3.05) is 18.5 Å². The average molecular weight is 216 g/mol. The van der Waals surface area contributed by atoms with Crippen LogP contribution in [0.15, 0.2) is 12.1 Å². The van der Waals surface area contributed by atoms with Crippen molar-refractivity contribution < 1.29 is 0 Å². The molecule has 0 atom stereocenters. The summed E-state index contributed by atoms with van der Waals surface area (Å²) in [7, 11) is 1.91. The van der Waals surface area contributed by atoms with Gasteiger partial charge in [0.05, 0.1) is 12.2 Å². The largest absolute Gasteiger partial charge is 0.347 e. The smallest absolute Gasteiger partial charge is 0.151 e. The van der Waals surface area contributed by atoms with Gasteiger partial charge in [0.25, 0.3) is 0 Å². The van der Waals surface area contributed by atoms with Gasteiger partial charge in [-0.25, -0.2) is 0 Å². The van der Waals surface area contributed by atoms with Gasteiger partial charge in [-0.3, -0.25) is 0 Å². The number of terminal acetylenes is 1. The topological polar surface area (TPSA) is 41.0 Å². The van der Waals surface area contributed by atoms with Crippen molar-refractivity contribution >= 4 is 5.82 Å². The number of nitrogens with zero attached hydrogens (tertiary/aromatic N) is 3. The van der Waals surface area contributed by atoms with Gasteiger partial charge >= 0.3 is 0 Å². The van der Waals surface area contributed by atoms with E-state index in [4.69, 9.17) is 6.42 Å². The van der Waals surface area contributed by atoms with Crippen LogP contribution in [-0.2, 0) is 6.54 Å². The maximum absolute atomic E-state index is 5.23. The quantitative estimate of drug-likeness (QED) is 0.739. The van der Waals surface area contributed by atoms with Crippen LogP contribution in [0.1, 0.15) is 18.5 Å². The van der Waals surface area contributed by atoms with Crippen molar-refractivity contribution in [2.45, 2.75) is 25.4 Å². The van der Waals surface area contributed by atoms with Crippen LogP contribution in [0.4, 0.5) is 5.82 Å². The number of rotatable bonds is 5. The van der Waals surface area contributed by atoms with Crippen LogP contribution in [0, 0.1) is 12.3 Å². The highest BCUT2D eigenvalue weighted by Crippen LogP contribution is 2.19. The number of anilines is 1. The molecule has 0 bridgehead atoms. The Kier molecular flexibility index (Phi) is 3.37. The Hall–Kier alpha value is -1.60. The summed E-state index contributed by atoms with van der Waals surface area (Å²) in [6, 6.07) is 4.64. The van der Waals surface area contributed by atoms with E-state index in [9.17, 15) is 0 Å². The predicted octanol–water partition coefficient (Wildman–Crippen LogP) is 0.798. The molecule has 84 valence electrons. The number of hydrogen-bond acceptors (Lipinski definition) is 4. The molecule has 0 aliphatic heterocycles. The summed E-state index contributed by atoms with van der Waals surface area (Å²) in [5.41, 5.74) is 0.977. The van der Waals surface area contributed by atoms with Gasteiger partial charge in [0.1, 0.15) is 0 Å². The first kappa shape index (κ1) is 10.9. The first-order valence-electron chi connectivity index (χ1n) is 5.50. The van der Waals surface area contributed by atoms with Crippen molar-refractivity contribution in [3.63, 3.8) is 0 Å². The molecule has 1 heterocycles. The SMILES string of the molecule is C#CCN(C)c1ccc(CNC2CC2)nn1. The molecule has 4 heteroatoms. The van der Waals surface area contributed by atoms with Crippen LogP contribution in [0.2, 0.25) is 0 Å². The van der Waals surface area contributed by atoms with Gasteiger partial charge < -0.3 is 10.2 Å². The van der Waals surface area contributed by atoms with Crippen LogP contribution in [0.25, 0.3) is 0 Å². The Bertz CT molecular complexity index is 375. The van der Waals surface area contributed by atoms with Crippen LogP contribution in [0.5, 0.6) is 0 Å². The number of hydrogen-bond donors (Lipinski definition) is 1. The second-order valence-corrected chi connectivity index (χ2v) is 4.10. The molecule has 1 N–H and O–H groups in total. The van der Waals surface area contributed by atoms with E-state index in [1.807, 2.05) is 24.1 Å². The normalized spacial score (nSPS) is 14.5. The Morgan fingerprint density at radius 3 is 2.88 bits per heavy atom. The third-order valence-corrected chi connectivity index (χ3v) is 2.57. The first-order chi connectivity index (χ1) is 7.79. The minimum absolute atomic E-state index is 0.550. The molecule has 1 aliphatic rings. The number of aromatic nitrogens is 2. The van der Waals surface area contributed by atoms with Crippen molar-refractivity contribution in [1.29, 1.82) is 0 Å². The molecule has 0 spiro atoms. The Labute approximate surface area is 96.1 Å². The third kappa shape index (κ3) is 2.94. The molecule has 1 aliphatic carbocycles. The Balaban J connectivity index is 1.90. The van der Waals surface area contributed by atoms with Gasteiger partial charge in [-0.1, -0.05) is 5.92 Å². The second kappa shape index (κ2) is 4.95. The fourth-order valence-electron chi connectivity index (χ4n) is 1.41. The highest BCUT2D eigenvalue weighted by Gasteiger charge is 2.20. The molecule has 4 nitrogen and oxygen atoms in total. The molecule has 16 heavy (non-hydrogen) atoms. The molecular formula is C12H16N4. The van der Waals surface area contributed by atoms with Crippen molar-refractivity contribution in [3.05, 3.63) is 17.8 Å². The van der Waals surface area contributed by atoms with Gasteiger partial charge in [0.15, 0.2) is 5.82 Å². The maximum atomic E-state index is 5.23. The van der Waals surface area contributed by atoms with E-state index in [1.54, 1.807) is 0 Å². The molecule has 0 amide bonds. The zero-order valence-electron chi connectivity index (χ0n) is 9.48. The molecule has 2 rings (SSSR count). The van der Waals surface area contributed by atoms with E-state index in [1.165, 1.54) is 12.8 Å². The lowest BCUT2D eigenvalue weighted by Crippen LogP contribution is -2.20. The summed E-state index contributed by atoms with van der Waals surface area (Å²) >= 11 is 0. The van der Waals surface area contributed by atoms with E-state index in [-0.39, 0.29) is 0 Å². The monoisotopic (exact) mass is 216 g/mol. The van der Waals surface area contributed by atoms with Gasteiger partial charge in [-0.15, -0.1) is 11.5 Å². The fourth-order valence-corrected chi connectivity index (χ4v) is 1.41. The van der Waals surface area contributed by atoms with Gasteiger partial charge in [-0.2, -0.15) is 5.10 Å². The Morgan fingerprint density at radius 1 is 1.50 bits per heavy atom. The van der Waals surface area contributed by atoms with Crippen molar-refractivity contribution in [1.82, 2.24) is 15.5 Å². The van der Waals surface area contributed by atoms with Gasteiger partial charge in [0, 0.05) is 19.6 Å². The molecular weight excluding hydrogens is 200 g/mol. The second-order valence-electron chi connectivity index (χ2n) is 4.10. The third-order valence-electron chi connectivity index (χ3n) is 2.57. The minimum atomic E-state index is 0.550. The molecule has 0 radical (unpaired) electrons.